The summed E-state index contributed by atoms with van der Waals surface area (Å²) in [6, 6.07) is 7.79. The van der Waals surface area contributed by atoms with Crippen LogP contribution in [0.3, 0.4) is 0 Å². The predicted molar refractivity (Wildman–Crippen MR) is 92.5 cm³/mol. The third-order valence-electron chi connectivity index (χ3n) is 3.00. The van der Waals surface area contributed by atoms with Gasteiger partial charge in [-0.05, 0) is 45.4 Å². The number of thiophene rings is 1. The van der Waals surface area contributed by atoms with Crippen molar-refractivity contribution in [3.8, 4) is 16.9 Å². The van der Waals surface area contributed by atoms with Gasteiger partial charge >= 0.3 is 0 Å². The average Bonchev–Trinajstić information content (AvgIpc) is 2.80. The smallest absolute Gasteiger partial charge is 0.255 e. The molecule has 3 N–H and O–H groups in total. The lowest BCUT2D eigenvalue weighted by Gasteiger charge is -2.12. The lowest BCUT2D eigenvalue weighted by molar-refractivity contribution is 0.0945. The van der Waals surface area contributed by atoms with E-state index in [1.807, 2.05) is 57.3 Å². The number of amides is 1. The minimum Gasteiger partial charge on any atom is -0.491 e. The number of nitrogens with two attached hydrogens (primary N) is 1. The van der Waals surface area contributed by atoms with Gasteiger partial charge in [0.05, 0.1) is 16.7 Å². The van der Waals surface area contributed by atoms with Crippen LogP contribution in [0.5, 0.6) is 5.75 Å². The Morgan fingerprint density at radius 1 is 1.18 bits per heavy atom. The molecule has 0 unspecified atom stereocenters. The minimum absolute atomic E-state index is 0.0708. The Morgan fingerprint density at radius 3 is 2.36 bits per heavy atom. The first-order valence-electron chi connectivity index (χ1n) is 7.33. The number of ether oxygens (including phenoxy) is 1. The third-order valence-corrected chi connectivity index (χ3v) is 3.82. The normalized spacial score (nSPS) is 11.0. The van der Waals surface area contributed by atoms with Gasteiger partial charge in [0.1, 0.15) is 5.75 Å². The van der Waals surface area contributed by atoms with Gasteiger partial charge in [-0.25, -0.2) is 0 Å². The third kappa shape index (κ3) is 3.80. The van der Waals surface area contributed by atoms with E-state index in [0.717, 1.165) is 16.9 Å². The molecule has 5 heteroatoms. The number of carbonyl (C=O) groups is 1. The number of nitrogen functional groups attached to an aromatic ring is 1. The largest absolute Gasteiger partial charge is 0.491 e. The van der Waals surface area contributed by atoms with Crippen molar-refractivity contribution in [2.75, 3.05) is 5.73 Å². The fraction of sp³-hybridized carbons (Fsp3) is 0.353. The van der Waals surface area contributed by atoms with Crippen molar-refractivity contribution in [3.05, 3.63) is 35.2 Å². The molecular formula is C17H22N2O2S. The van der Waals surface area contributed by atoms with Gasteiger partial charge in [-0.2, -0.15) is 0 Å². The molecule has 2 aromatic rings. The number of rotatable bonds is 5. The summed E-state index contributed by atoms with van der Waals surface area (Å²) >= 11 is 1.38. The van der Waals surface area contributed by atoms with Gasteiger partial charge in [-0.3, -0.25) is 4.79 Å². The Hall–Kier alpha value is -2.01. The van der Waals surface area contributed by atoms with Crippen LogP contribution in [-0.4, -0.2) is 18.1 Å². The van der Waals surface area contributed by atoms with Crippen LogP contribution >= 0.6 is 11.3 Å². The van der Waals surface area contributed by atoms with E-state index in [2.05, 4.69) is 5.32 Å². The molecule has 1 aromatic carbocycles. The molecule has 0 saturated heterocycles. The van der Waals surface area contributed by atoms with Crippen LogP contribution in [0, 0.1) is 0 Å². The zero-order chi connectivity index (χ0) is 16.3. The first-order valence-corrected chi connectivity index (χ1v) is 8.21. The highest BCUT2D eigenvalue weighted by atomic mass is 32.1. The monoisotopic (exact) mass is 318 g/mol. The molecule has 4 nitrogen and oxygen atoms in total. The van der Waals surface area contributed by atoms with Crippen molar-refractivity contribution < 1.29 is 9.53 Å². The maximum atomic E-state index is 12.3. The average molecular weight is 318 g/mol. The molecule has 0 atom stereocenters. The lowest BCUT2D eigenvalue weighted by atomic mass is 10.0. The second-order valence-electron chi connectivity index (χ2n) is 5.71. The van der Waals surface area contributed by atoms with Crippen LogP contribution in [0.2, 0.25) is 0 Å². The van der Waals surface area contributed by atoms with Crippen molar-refractivity contribution in [3.63, 3.8) is 0 Å². The molecule has 0 fully saturated rings. The molecule has 22 heavy (non-hydrogen) atoms. The number of nitrogens with one attached hydrogen (secondary N) is 1. The van der Waals surface area contributed by atoms with Crippen molar-refractivity contribution in [1.82, 2.24) is 5.32 Å². The maximum Gasteiger partial charge on any atom is 0.255 e. The Labute approximate surface area is 135 Å². The van der Waals surface area contributed by atoms with Gasteiger partial charge in [0.25, 0.3) is 5.91 Å². The van der Waals surface area contributed by atoms with E-state index in [-0.39, 0.29) is 18.1 Å². The number of benzene rings is 1. The topological polar surface area (TPSA) is 64.3 Å². The van der Waals surface area contributed by atoms with Crippen molar-refractivity contribution in [1.29, 1.82) is 0 Å². The quantitative estimate of drug-likeness (QED) is 0.878. The Bertz CT molecular complexity index is 645. The molecule has 0 bridgehead atoms. The molecule has 2 rings (SSSR count). The molecule has 0 aliphatic rings. The van der Waals surface area contributed by atoms with E-state index in [1.165, 1.54) is 11.3 Å². The summed E-state index contributed by atoms with van der Waals surface area (Å²) in [4.78, 5) is 12.3. The summed E-state index contributed by atoms with van der Waals surface area (Å²) in [5.41, 5.74) is 8.35. The number of hydrogen-bond donors (Lipinski definition) is 2. The first kappa shape index (κ1) is 16.4. The summed E-state index contributed by atoms with van der Waals surface area (Å²) in [6.45, 7) is 7.83. The molecule has 0 spiro atoms. The molecule has 1 amide bonds. The van der Waals surface area contributed by atoms with Gasteiger partial charge < -0.3 is 15.8 Å². The van der Waals surface area contributed by atoms with Crippen LogP contribution in [0.4, 0.5) is 5.00 Å². The van der Waals surface area contributed by atoms with Crippen LogP contribution in [0.25, 0.3) is 11.1 Å². The van der Waals surface area contributed by atoms with Gasteiger partial charge in [0.2, 0.25) is 0 Å². The van der Waals surface area contributed by atoms with E-state index in [1.54, 1.807) is 0 Å². The molecule has 0 aliphatic carbocycles. The summed E-state index contributed by atoms with van der Waals surface area (Å²) in [5.74, 6) is 0.682. The summed E-state index contributed by atoms with van der Waals surface area (Å²) in [7, 11) is 0. The summed E-state index contributed by atoms with van der Waals surface area (Å²) in [6.07, 6.45) is 0.134. The van der Waals surface area contributed by atoms with Gasteiger partial charge in [0.15, 0.2) is 0 Å². The standard InChI is InChI=1S/C17H22N2O2S/c1-10(2)19-17(20)15-14(9-22-16(15)18)12-5-7-13(8-6-12)21-11(3)4/h5-11H,18H2,1-4H3,(H,19,20). The SMILES string of the molecule is CC(C)NC(=O)c1c(-c2ccc(OC(C)C)cc2)csc1N. The van der Waals surface area contributed by atoms with Crippen LogP contribution < -0.4 is 15.8 Å². The summed E-state index contributed by atoms with van der Waals surface area (Å²) < 4.78 is 5.64. The van der Waals surface area contributed by atoms with Gasteiger partial charge in [-0.1, -0.05) is 12.1 Å². The molecular weight excluding hydrogens is 296 g/mol. The fourth-order valence-corrected chi connectivity index (χ4v) is 2.96. The minimum atomic E-state index is -0.133. The van der Waals surface area contributed by atoms with E-state index in [4.69, 9.17) is 10.5 Å². The van der Waals surface area contributed by atoms with Crippen molar-refractivity contribution >= 4 is 22.2 Å². The van der Waals surface area contributed by atoms with Crippen molar-refractivity contribution in [2.24, 2.45) is 0 Å². The molecule has 0 saturated carbocycles. The highest BCUT2D eigenvalue weighted by Crippen LogP contribution is 2.34. The number of anilines is 1. The number of hydrogen-bond acceptors (Lipinski definition) is 4. The fourth-order valence-electron chi connectivity index (χ4n) is 2.14. The van der Waals surface area contributed by atoms with Gasteiger partial charge in [-0.15, -0.1) is 11.3 Å². The first-order chi connectivity index (χ1) is 10.4. The molecule has 118 valence electrons. The van der Waals surface area contributed by atoms with E-state index >= 15 is 0 Å². The zero-order valence-electron chi connectivity index (χ0n) is 13.3. The molecule has 1 heterocycles. The second-order valence-corrected chi connectivity index (χ2v) is 6.62. The van der Waals surface area contributed by atoms with Crippen LogP contribution in [-0.2, 0) is 0 Å². The maximum absolute atomic E-state index is 12.3. The number of carbonyl (C=O) groups excluding carboxylic acids is 1. The Morgan fingerprint density at radius 2 is 1.82 bits per heavy atom. The second kappa shape index (κ2) is 6.83. The highest BCUT2D eigenvalue weighted by Gasteiger charge is 2.19. The van der Waals surface area contributed by atoms with E-state index in [9.17, 15) is 4.79 Å². The summed E-state index contributed by atoms with van der Waals surface area (Å²) in [5, 5.41) is 5.35. The van der Waals surface area contributed by atoms with Crippen LogP contribution in [0.1, 0.15) is 38.1 Å². The van der Waals surface area contributed by atoms with Crippen molar-refractivity contribution in [2.45, 2.75) is 39.8 Å². The molecule has 0 aliphatic heterocycles. The lowest BCUT2D eigenvalue weighted by Crippen LogP contribution is -2.30. The highest BCUT2D eigenvalue weighted by molar-refractivity contribution is 7.15. The van der Waals surface area contributed by atoms with E-state index < -0.39 is 0 Å². The Kier molecular flexibility index (Phi) is 5.08. The Balaban J connectivity index is 2.31. The van der Waals surface area contributed by atoms with Crippen LogP contribution in [0.15, 0.2) is 29.6 Å². The van der Waals surface area contributed by atoms with E-state index in [0.29, 0.717) is 10.6 Å². The zero-order valence-corrected chi connectivity index (χ0v) is 14.2. The molecule has 0 radical (unpaired) electrons. The van der Waals surface area contributed by atoms with Gasteiger partial charge in [0, 0.05) is 17.0 Å². The predicted octanol–water partition coefficient (Wildman–Crippen LogP) is 3.92. The molecule has 1 aromatic heterocycles.